The third kappa shape index (κ3) is 3.69. The monoisotopic (exact) mass is 344 g/mol. The second kappa shape index (κ2) is 7.43. The highest BCUT2D eigenvalue weighted by Crippen LogP contribution is 2.19. The Morgan fingerprint density at radius 1 is 1.36 bits per heavy atom. The summed E-state index contributed by atoms with van der Waals surface area (Å²) < 4.78 is 6.89. The molecule has 0 saturated carbocycles. The molecule has 1 aliphatic heterocycles. The Morgan fingerprint density at radius 3 is 2.76 bits per heavy atom. The molecule has 2 N–H and O–H groups in total. The topological polar surface area (TPSA) is 106 Å². The molecule has 8 nitrogen and oxygen atoms in total. The van der Waals surface area contributed by atoms with E-state index in [4.69, 9.17) is 4.74 Å². The quantitative estimate of drug-likeness (QED) is 0.844. The molecule has 0 bridgehead atoms. The van der Waals surface area contributed by atoms with E-state index in [0.717, 1.165) is 12.1 Å². The number of hydrogen-bond donors (Lipinski definition) is 2. The van der Waals surface area contributed by atoms with Crippen LogP contribution < -0.4 is 5.32 Å². The summed E-state index contributed by atoms with van der Waals surface area (Å²) in [7, 11) is 0. The molecule has 1 aromatic carbocycles. The number of aliphatic carboxylic acids is 1. The molecule has 1 amide bonds. The number of nitrogens with zero attached hydrogens (tertiary/aromatic N) is 3. The van der Waals surface area contributed by atoms with Crippen molar-refractivity contribution in [3.05, 3.63) is 41.7 Å². The van der Waals surface area contributed by atoms with Crippen molar-refractivity contribution < 1.29 is 19.4 Å². The van der Waals surface area contributed by atoms with E-state index in [9.17, 15) is 14.7 Å². The summed E-state index contributed by atoms with van der Waals surface area (Å²) in [6.45, 7) is 2.68. The Kier molecular flexibility index (Phi) is 5.08. The standard InChI is InChI=1S/C17H20N4O4/c1-11-14(19-20-21(11)13-7-3-2-4-8-13)16(22)18-15(17(23)24)12-6-5-9-25-10-12/h2-4,7-8,12,15H,5-6,9-10H2,1H3,(H,18,22)(H,23,24). The average Bonchev–Trinajstić information content (AvgIpc) is 3.02. The van der Waals surface area contributed by atoms with Crippen LogP contribution in [0, 0.1) is 12.8 Å². The molecule has 1 aromatic heterocycles. The molecule has 0 radical (unpaired) electrons. The summed E-state index contributed by atoms with van der Waals surface area (Å²) >= 11 is 0. The van der Waals surface area contributed by atoms with Gasteiger partial charge in [-0.3, -0.25) is 4.79 Å². The first-order valence-electron chi connectivity index (χ1n) is 8.17. The lowest BCUT2D eigenvalue weighted by Crippen LogP contribution is -2.48. The molecule has 2 atom stereocenters. The second-order valence-electron chi connectivity index (χ2n) is 6.04. The van der Waals surface area contributed by atoms with E-state index in [1.807, 2.05) is 30.3 Å². The summed E-state index contributed by atoms with van der Waals surface area (Å²) in [6, 6.07) is 8.30. The zero-order valence-electron chi connectivity index (χ0n) is 13.9. The van der Waals surface area contributed by atoms with E-state index in [1.54, 1.807) is 11.6 Å². The van der Waals surface area contributed by atoms with Crippen molar-refractivity contribution in [2.75, 3.05) is 13.2 Å². The maximum atomic E-state index is 12.5. The number of carbonyl (C=O) groups is 2. The van der Waals surface area contributed by atoms with Gasteiger partial charge in [-0.15, -0.1) is 5.10 Å². The number of para-hydroxylation sites is 1. The van der Waals surface area contributed by atoms with Crippen LogP contribution in [0.15, 0.2) is 30.3 Å². The average molecular weight is 344 g/mol. The van der Waals surface area contributed by atoms with E-state index in [1.165, 1.54) is 0 Å². The van der Waals surface area contributed by atoms with Gasteiger partial charge in [0.25, 0.3) is 5.91 Å². The Bertz CT molecular complexity index is 753. The minimum Gasteiger partial charge on any atom is -0.480 e. The van der Waals surface area contributed by atoms with Crippen molar-refractivity contribution in [1.29, 1.82) is 0 Å². The van der Waals surface area contributed by atoms with Gasteiger partial charge in [0.1, 0.15) is 6.04 Å². The molecular formula is C17H20N4O4. The van der Waals surface area contributed by atoms with Crippen LogP contribution in [0.2, 0.25) is 0 Å². The van der Waals surface area contributed by atoms with Gasteiger partial charge in [0.05, 0.1) is 18.0 Å². The number of benzene rings is 1. The molecule has 2 unspecified atom stereocenters. The predicted octanol–water partition coefficient (Wildman–Crippen LogP) is 1.19. The van der Waals surface area contributed by atoms with E-state index >= 15 is 0 Å². The normalized spacial score (nSPS) is 18.5. The van der Waals surface area contributed by atoms with Gasteiger partial charge in [0.2, 0.25) is 0 Å². The molecule has 1 saturated heterocycles. The van der Waals surface area contributed by atoms with Gasteiger partial charge in [-0.25, -0.2) is 9.48 Å². The molecule has 2 aromatic rings. The van der Waals surface area contributed by atoms with Crippen LogP contribution in [0.3, 0.4) is 0 Å². The van der Waals surface area contributed by atoms with Gasteiger partial charge in [0.15, 0.2) is 5.69 Å². The number of hydrogen-bond acceptors (Lipinski definition) is 5. The van der Waals surface area contributed by atoms with E-state index in [0.29, 0.717) is 25.3 Å². The van der Waals surface area contributed by atoms with Crippen LogP contribution in [0.5, 0.6) is 0 Å². The molecule has 3 rings (SSSR count). The van der Waals surface area contributed by atoms with Gasteiger partial charge < -0.3 is 15.2 Å². The minimum absolute atomic E-state index is 0.117. The zero-order chi connectivity index (χ0) is 17.8. The highest BCUT2D eigenvalue weighted by Gasteiger charge is 2.32. The maximum absolute atomic E-state index is 12.5. The van der Waals surface area contributed by atoms with Crippen molar-refractivity contribution in [1.82, 2.24) is 20.3 Å². The number of aromatic nitrogens is 3. The molecule has 0 aliphatic carbocycles. The second-order valence-corrected chi connectivity index (χ2v) is 6.04. The summed E-state index contributed by atoms with van der Waals surface area (Å²) in [5, 5.41) is 20.0. The number of amides is 1. The van der Waals surface area contributed by atoms with Crippen LogP contribution in [0.4, 0.5) is 0 Å². The Labute approximate surface area is 144 Å². The predicted molar refractivity (Wildman–Crippen MR) is 88.5 cm³/mol. The summed E-state index contributed by atoms with van der Waals surface area (Å²) in [5.74, 6) is -1.87. The van der Waals surface area contributed by atoms with Crippen molar-refractivity contribution >= 4 is 11.9 Å². The van der Waals surface area contributed by atoms with Gasteiger partial charge >= 0.3 is 5.97 Å². The fourth-order valence-electron chi connectivity index (χ4n) is 2.97. The molecule has 1 aliphatic rings. The van der Waals surface area contributed by atoms with Gasteiger partial charge in [-0.2, -0.15) is 0 Å². The Balaban J connectivity index is 1.78. The van der Waals surface area contributed by atoms with Crippen molar-refractivity contribution in [3.8, 4) is 5.69 Å². The highest BCUT2D eigenvalue weighted by molar-refractivity contribution is 5.95. The van der Waals surface area contributed by atoms with Gasteiger partial charge in [0, 0.05) is 12.5 Å². The number of ether oxygens (including phenoxy) is 1. The highest BCUT2D eigenvalue weighted by atomic mass is 16.5. The third-order valence-electron chi connectivity index (χ3n) is 4.33. The van der Waals surface area contributed by atoms with Crippen LogP contribution in [-0.2, 0) is 9.53 Å². The number of carboxylic acid groups (broad SMARTS) is 1. The first kappa shape index (κ1) is 17.1. The fourth-order valence-corrected chi connectivity index (χ4v) is 2.97. The summed E-state index contributed by atoms with van der Waals surface area (Å²) in [4.78, 5) is 24.1. The molecule has 2 heterocycles. The summed E-state index contributed by atoms with van der Waals surface area (Å²) in [6.07, 6.45) is 1.49. The molecule has 0 spiro atoms. The number of carboxylic acids is 1. The van der Waals surface area contributed by atoms with Crippen LogP contribution in [0.1, 0.15) is 29.0 Å². The third-order valence-corrected chi connectivity index (χ3v) is 4.33. The van der Waals surface area contributed by atoms with Crippen LogP contribution in [-0.4, -0.2) is 51.2 Å². The van der Waals surface area contributed by atoms with Crippen molar-refractivity contribution in [2.24, 2.45) is 5.92 Å². The first-order valence-corrected chi connectivity index (χ1v) is 8.17. The first-order chi connectivity index (χ1) is 12.1. The smallest absolute Gasteiger partial charge is 0.326 e. The molecule has 25 heavy (non-hydrogen) atoms. The summed E-state index contributed by atoms with van der Waals surface area (Å²) in [5.41, 5.74) is 1.45. The SMILES string of the molecule is Cc1c(C(=O)NC(C(=O)O)C2CCCOC2)nnn1-c1ccccc1. The van der Waals surface area contributed by atoms with Crippen molar-refractivity contribution in [2.45, 2.75) is 25.8 Å². The minimum atomic E-state index is -1.07. The molecule has 132 valence electrons. The lowest BCUT2D eigenvalue weighted by molar-refractivity contribution is -0.142. The molecular weight excluding hydrogens is 324 g/mol. The number of nitrogens with one attached hydrogen (secondary N) is 1. The largest absolute Gasteiger partial charge is 0.480 e. The lowest BCUT2D eigenvalue weighted by Gasteiger charge is -2.27. The number of carbonyl (C=O) groups excluding carboxylic acids is 1. The van der Waals surface area contributed by atoms with Crippen LogP contribution >= 0.6 is 0 Å². The molecule has 8 heteroatoms. The zero-order valence-corrected chi connectivity index (χ0v) is 13.9. The number of rotatable bonds is 5. The van der Waals surface area contributed by atoms with Crippen LogP contribution in [0.25, 0.3) is 5.69 Å². The van der Waals surface area contributed by atoms with Crippen molar-refractivity contribution in [3.63, 3.8) is 0 Å². The van der Waals surface area contributed by atoms with Gasteiger partial charge in [-0.05, 0) is 31.9 Å². The lowest BCUT2D eigenvalue weighted by atomic mass is 9.93. The maximum Gasteiger partial charge on any atom is 0.326 e. The Morgan fingerprint density at radius 2 is 2.12 bits per heavy atom. The fraction of sp³-hybridized carbons (Fsp3) is 0.412. The van der Waals surface area contributed by atoms with E-state index < -0.39 is 17.9 Å². The van der Waals surface area contributed by atoms with E-state index in [2.05, 4.69) is 15.6 Å². The molecule has 1 fully saturated rings. The van der Waals surface area contributed by atoms with Gasteiger partial charge in [-0.1, -0.05) is 23.4 Å². The Hall–Kier alpha value is -2.74. The van der Waals surface area contributed by atoms with E-state index in [-0.39, 0.29) is 11.6 Å².